The zero-order valence-corrected chi connectivity index (χ0v) is 13.7. The highest BCUT2D eigenvalue weighted by atomic mass is 32.2. The molecule has 3 rings (SSSR count). The summed E-state index contributed by atoms with van der Waals surface area (Å²) in [4.78, 5) is 4.34. The topological polar surface area (TPSA) is 88.8 Å². The van der Waals surface area contributed by atoms with Gasteiger partial charge in [0.2, 0.25) is 11.7 Å². The molecule has 1 aromatic carbocycles. The van der Waals surface area contributed by atoms with Crippen LogP contribution in [0.4, 0.5) is 0 Å². The molecular weight excluding hydrogens is 320 g/mol. The Hall–Kier alpha value is -1.81. The van der Waals surface area contributed by atoms with Crippen LogP contribution in [0, 0.1) is 0 Å². The van der Waals surface area contributed by atoms with Gasteiger partial charge in [-0.1, -0.05) is 35.5 Å². The monoisotopic (exact) mass is 338 g/mol. The molecule has 0 aliphatic carbocycles. The molecule has 1 unspecified atom stereocenters. The lowest BCUT2D eigenvalue weighted by Crippen LogP contribution is -2.48. The first-order valence-electron chi connectivity index (χ1n) is 7.16. The number of hydrogen-bond donors (Lipinski definition) is 0. The number of benzene rings is 1. The van der Waals surface area contributed by atoms with Crippen molar-refractivity contribution in [1.29, 1.82) is 0 Å². The minimum Gasteiger partial charge on any atom is -0.378 e. The van der Waals surface area contributed by atoms with E-state index in [9.17, 15) is 8.42 Å². The molecule has 0 saturated carbocycles. The number of ether oxygens (including phenoxy) is 1. The standard InChI is InChI=1S/C14H18N4O4S/c1-17(2)23(19,20)18-8-9-21-10-12(18)14-15-13(16-22-14)11-6-4-3-5-7-11/h3-7,12H,8-10H2,1-2H3. The molecule has 0 N–H and O–H groups in total. The quantitative estimate of drug-likeness (QED) is 0.823. The molecule has 1 fully saturated rings. The van der Waals surface area contributed by atoms with Crippen LogP contribution < -0.4 is 0 Å². The zero-order chi connectivity index (χ0) is 16.4. The third kappa shape index (κ3) is 3.13. The number of rotatable bonds is 4. The first-order valence-corrected chi connectivity index (χ1v) is 8.56. The Balaban J connectivity index is 1.92. The fourth-order valence-corrected chi connectivity index (χ4v) is 3.54. The molecule has 0 radical (unpaired) electrons. The SMILES string of the molecule is CN(C)S(=O)(=O)N1CCOCC1c1nc(-c2ccccc2)no1. The molecule has 1 aliphatic rings. The Morgan fingerprint density at radius 1 is 1.26 bits per heavy atom. The van der Waals surface area contributed by atoms with Crippen molar-refractivity contribution in [2.24, 2.45) is 0 Å². The third-order valence-electron chi connectivity index (χ3n) is 3.60. The summed E-state index contributed by atoms with van der Waals surface area (Å²) >= 11 is 0. The Morgan fingerprint density at radius 3 is 2.70 bits per heavy atom. The third-order valence-corrected chi connectivity index (χ3v) is 5.55. The second kappa shape index (κ2) is 6.36. The van der Waals surface area contributed by atoms with Crippen LogP contribution in [0.2, 0.25) is 0 Å². The number of nitrogens with zero attached hydrogens (tertiary/aromatic N) is 4. The van der Waals surface area contributed by atoms with Crippen molar-refractivity contribution in [3.63, 3.8) is 0 Å². The Labute approximate surface area is 134 Å². The second-order valence-electron chi connectivity index (χ2n) is 5.31. The van der Waals surface area contributed by atoms with Gasteiger partial charge in [-0.25, -0.2) is 0 Å². The van der Waals surface area contributed by atoms with Crippen molar-refractivity contribution in [1.82, 2.24) is 18.8 Å². The summed E-state index contributed by atoms with van der Waals surface area (Å²) in [6.07, 6.45) is 0. The fourth-order valence-electron chi connectivity index (χ4n) is 2.34. The van der Waals surface area contributed by atoms with E-state index in [0.717, 1.165) is 5.56 Å². The molecule has 124 valence electrons. The molecule has 1 aromatic heterocycles. The molecule has 0 spiro atoms. The van der Waals surface area contributed by atoms with Gasteiger partial charge in [-0.05, 0) is 0 Å². The molecule has 8 nitrogen and oxygen atoms in total. The number of aromatic nitrogens is 2. The van der Waals surface area contributed by atoms with E-state index >= 15 is 0 Å². The van der Waals surface area contributed by atoms with E-state index in [1.165, 1.54) is 22.7 Å². The average Bonchev–Trinajstić information content (AvgIpc) is 3.05. The van der Waals surface area contributed by atoms with Gasteiger partial charge in [-0.15, -0.1) is 0 Å². The van der Waals surface area contributed by atoms with Crippen molar-refractivity contribution in [2.45, 2.75) is 6.04 Å². The number of morpholine rings is 1. The highest BCUT2D eigenvalue weighted by Gasteiger charge is 2.38. The van der Waals surface area contributed by atoms with E-state index in [1.54, 1.807) is 0 Å². The van der Waals surface area contributed by atoms with Gasteiger partial charge in [0.05, 0.1) is 13.2 Å². The first kappa shape index (κ1) is 16.1. The molecule has 9 heteroatoms. The molecular formula is C14H18N4O4S. The van der Waals surface area contributed by atoms with E-state index in [2.05, 4.69) is 10.1 Å². The predicted molar refractivity (Wildman–Crippen MR) is 82.6 cm³/mol. The molecule has 1 aliphatic heterocycles. The van der Waals surface area contributed by atoms with Crippen LogP contribution in [-0.4, -0.2) is 61.0 Å². The summed E-state index contributed by atoms with van der Waals surface area (Å²) in [6.45, 7) is 0.765. The van der Waals surface area contributed by atoms with Gasteiger partial charge in [-0.3, -0.25) is 0 Å². The lowest BCUT2D eigenvalue weighted by atomic mass is 10.2. The highest BCUT2D eigenvalue weighted by Crippen LogP contribution is 2.28. The smallest absolute Gasteiger partial charge is 0.282 e. The van der Waals surface area contributed by atoms with Crippen molar-refractivity contribution >= 4 is 10.2 Å². The normalized spacial score (nSPS) is 20.0. The molecule has 1 atom stereocenters. The number of hydrogen-bond acceptors (Lipinski definition) is 6. The molecule has 0 bridgehead atoms. The first-order chi connectivity index (χ1) is 11.0. The highest BCUT2D eigenvalue weighted by molar-refractivity contribution is 7.86. The van der Waals surface area contributed by atoms with Gasteiger partial charge in [0.25, 0.3) is 10.2 Å². The molecule has 0 amide bonds. The van der Waals surface area contributed by atoms with Crippen molar-refractivity contribution < 1.29 is 17.7 Å². The van der Waals surface area contributed by atoms with E-state index in [1.807, 2.05) is 30.3 Å². The van der Waals surface area contributed by atoms with E-state index in [0.29, 0.717) is 12.4 Å². The van der Waals surface area contributed by atoms with Crippen molar-refractivity contribution in [3.05, 3.63) is 36.2 Å². The molecule has 2 aromatic rings. The summed E-state index contributed by atoms with van der Waals surface area (Å²) in [5.41, 5.74) is 0.807. The lowest BCUT2D eigenvalue weighted by Gasteiger charge is -2.33. The maximum Gasteiger partial charge on any atom is 0.282 e. The molecule has 2 heterocycles. The van der Waals surface area contributed by atoms with Gasteiger partial charge in [0, 0.05) is 26.2 Å². The maximum absolute atomic E-state index is 12.5. The Morgan fingerprint density at radius 2 is 2.00 bits per heavy atom. The summed E-state index contributed by atoms with van der Waals surface area (Å²) in [5.74, 6) is 0.655. The van der Waals surface area contributed by atoms with Gasteiger partial charge in [0.1, 0.15) is 6.04 Å². The van der Waals surface area contributed by atoms with Crippen LogP contribution >= 0.6 is 0 Å². The largest absolute Gasteiger partial charge is 0.378 e. The van der Waals surface area contributed by atoms with E-state index < -0.39 is 16.3 Å². The summed E-state index contributed by atoms with van der Waals surface area (Å²) in [7, 11) is -0.611. The molecule has 1 saturated heterocycles. The van der Waals surface area contributed by atoms with Crippen molar-refractivity contribution in [3.8, 4) is 11.4 Å². The predicted octanol–water partition coefficient (Wildman–Crippen LogP) is 0.916. The Bertz CT molecular complexity index is 760. The van der Waals surface area contributed by atoms with Crippen LogP contribution in [0.15, 0.2) is 34.9 Å². The summed E-state index contributed by atoms with van der Waals surface area (Å²) in [5, 5.41) is 3.95. The van der Waals surface area contributed by atoms with Crippen LogP contribution in [0.25, 0.3) is 11.4 Å². The van der Waals surface area contributed by atoms with Crippen molar-refractivity contribution in [2.75, 3.05) is 33.9 Å². The van der Waals surface area contributed by atoms with Crippen LogP contribution in [0.3, 0.4) is 0 Å². The average molecular weight is 338 g/mol. The minimum absolute atomic E-state index is 0.184. The van der Waals surface area contributed by atoms with Crippen LogP contribution in [0.5, 0.6) is 0 Å². The van der Waals surface area contributed by atoms with Crippen LogP contribution in [0.1, 0.15) is 11.9 Å². The zero-order valence-electron chi connectivity index (χ0n) is 12.9. The minimum atomic E-state index is -3.59. The Kier molecular flexibility index (Phi) is 4.44. The van der Waals surface area contributed by atoms with Gasteiger partial charge in [0.15, 0.2) is 0 Å². The van der Waals surface area contributed by atoms with Gasteiger partial charge >= 0.3 is 0 Å². The molecule has 23 heavy (non-hydrogen) atoms. The fraction of sp³-hybridized carbons (Fsp3) is 0.429. The maximum atomic E-state index is 12.5. The van der Waals surface area contributed by atoms with Crippen LogP contribution in [-0.2, 0) is 14.9 Å². The van der Waals surface area contributed by atoms with Gasteiger partial charge < -0.3 is 9.26 Å². The van der Waals surface area contributed by atoms with Gasteiger partial charge in [-0.2, -0.15) is 22.0 Å². The van der Waals surface area contributed by atoms with E-state index in [4.69, 9.17) is 9.26 Å². The summed E-state index contributed by atoms with van der Waals surface area (Å²) in [6, 6.07) is 8.74. The van der Waals surface area contributed by atoms with E-state index in [-0.39, 0.29) is 19.0 Å². The lowest BCUT2D eigenvalue weighted by molar-refractivity contribution is 0.0182. The summed E-state index contributed by atoms with van der Waals surface area (Å²) < 4.78 is 38.1. The second-order valence-corrected chi connectivity index (χ2v) is 7.41.